The van der Waals surface area contributed by atoms with Gasteiger partial charge in [0.1, 0.15) is 5.01 Å². The van der Waals surface area contributed by atoms with Gasteiger partial charge >= 0.3 is 0 Å². The van der Waals surface area contributed by atoms with Crippen LogP contribution in [0.25, 0.3) is 10.6 Å². The minimum absolute atomic E-state index is 0.815. The van der Waals surface area contributed by atoms with E-state index in [1.807, 2.05) is 18.3 Å². The number of nitrogens with zero attached hydrogens (tertiary/aromatic N) is 3. The minimum atomic E-state index is 0.815. The maximum absolute atomic E-state index is 4.70. The van der Waals surface area contributed by atoms with E-state index in [0.29, 0.717) is 0 Å². The second-order valence-electron chi connectivity index (χ2n) is 3.95. The third-order valence-electron chi connectivity index (χ3n) is 2.66. The maximum Gasteiger partial charge on any atom is 0.125 e. The largest absolute Gasteiger partial charge is 0.289 e. The number of pyridine rings is 1. The Balaban J connectivity index is 2.45. The quantitative estimate of drug-likeness (QED) is 0.787. The lowest BCUT2D eigenvalue weighted by molar-refractivity contribution is 1.05. The van der Waals surface area contributed by atoms with E-state index in [9.17, 15) is 0 Å². The highest BCUT2D eigenvalue weighted by Gasteiger charge is 2.13. The fraction of sp³-hybridized carbons (Fsp3) is 0.357. The van der Waals surface area contributed by atoms with E-state index in [0.717, 1.165) is 34.9 Å². The third-order valence-corrected chi connectivity index (χ3v) is 3.92. The number of hydrogen-bond acceptors (Lipinski definition) is 4. The lowest BCUT2D eigenvalue weighted by atomic mass is 10.2. The van der Waals surface area contributed by atoms with Crippen molar-refractivity contribution in [3.8, 4) is 10.6 Å². The first kappa shape index (κ1) is 12.9. The summed E-state index contributed by atoms with van der Waals surface area (Å²) in [6.07, 6.45) is 4.57. The van der Waals surface area contributed by atoms with Crippen LogP contribution in [0.2, 0.25) is 0 Å². The van der Waals surface area contributed by atoms with Crippen molar-refractivity contribution < 1.29 is 0 Å². The van der Waals surface area contributed by atoms with Crippen LogP contribution in [-0.4, -0.2) is 22.2 Å². The fourth-order valence-electron chi connectivity index (χ4n) is 1.80. The summed E-state index contributed by atoms with van der Waals surface area (Å²) in [5.41, 5.74) is 3.29. The molecule has 0 bridgehead atoms. The number of rotatable bonds is 4. The summed E-state index contributed by atoms with van der Waals surface area (Å²) >= 11 is 1.70. The number of aromatic nitrogens is 2. The zero-order valence-electron chi connectivity index (χ0n) is 11.0. The van der Waals surface area contributed by atoms with Crippen molar-refractivity contribution in [2.24, 2.45) is 4.99 Å². The number of aryl methyl sites for hydroxylation is 1. The van der Waals surface area contributed by atoms with Gasteiger partial charge in [0.2, 0.25) is 0 Å². The molecule has 0 N–H and O–H groups in total. The van der Waals surface area contributed by atoms with Crippen molar-refractivity contribution in [2.45, 2.75) is 27.2 Å². The Labute approximate surface area is 112 Å². The van der Waals surface area contributed by atoms with Gasteiger partial charge in [-0.2, -0.15) is 0 Å². The van der Waals surface area contributed by atoms with Crippen molar-refractivity contribution in [1.29, 1.82) is 0 Å². The van der Waals surface area contributed by atoms with Crippen LogP contribution in [0.15, 0.2) is 29.5 Å². The second kappa shape index (κ2) is 5.87. The Hall–Kier alpha value is -1.55. The summed E-state index contributed by atoms with van der Waals surface area (Å²) in [5, 5.41) is 1.03. The Morgan fingerprint density at radius 1 is 1.39 bits per heavy atom. The molecule has 0 unspecified atom stereocenters. The van der Waals surface area contributed by atoms with Gasteiger partial charge in [-0.25, -0.2) is 4.98 Å². The SMILES string of the molecule is CCN=C(C)c1sc(-c2cccnc2)nc1CC. The summed E-state index contributed by atoms with van der Waals surface area (Å²) < 4.78 is 0. The van der Waals surface area contributed by atoms with E-state index in [1.165, 1.54) is 4.88 Å². The van der Waals surface area contributed by atoms with Crippen molar-refractivity contribution in [1.82, 2.24) is 9.97 Å². The summed E-state index contributed by atoms with van der Waals surface area (Å²) in [7, 11) is 0. The first-order chi connectivity index (χ1) is 8.76. The molecule has 0 amide bonds. The van der Waals surface area contributed by atoms with Crippen molar-refractivity contribution in [3.05, 3.63) is 35.1 Å². The van der Waals surface area contributed by atoms with Crippen LogP contribution < -0.4 is 0 Å². The molecule has 0 spiro atoms. The minimum Gasteiger partial charge on any atom is -0.289 e. The molecule has 2 rings (SSSR count). The van der Waals surface area contributed by atoms with E-state index < -0.39 is 0 Å². The van der Waals surface area contributed by atoms with Crippen molar-refractivity contribution in [2.75, 3.05) is 6.54 Å². The molecule has 0 aliphatic rings. The predicted molar refractivity (Wildman–Crippen MR) is 77.5 cm³/mol. The van der Waals surface area contributed by atoms with Gasteiger partial charge in [0.15, 0.2) is 0 Å². The predicted octanol–water partition coefficient (Wildman–Crippen LogP) is 3.60. The molecule has 2 heterocycles. The van der Waals surface area contributed by atoms with E-state index in [4.69, 9.17) is 4.98 Å². The Morgan fingerprint density at radius 2 is 2.22 bits per heavy atom. The highest BCUT2D eigenvalue weighted by Crippen LogP contribution is 2.28. The summed E-state index contributed by atoms with van der Waals surface area (Å²) in [5.74, 6) is 0. The fourth-order valence-corrected chi connectivity index (χ4v) is 2.90. The molecular formula is C14H17N3S. The van der Waals surface area contributed by atoms with Crippen LogP contribution in [-0.2, 0) is 6.42 Å². The van der Waals surface area contributed by atoms with Crippen LogP contribution in [0.5, 0.6) is 0 Å². The van der Waals surface area contributed by atoms with Gasteiger partial charge in [0.05, 0.1) is 16.3 Å². The average molecular weight is 259 g/mol. The van der Waals surface area contributed by atoms with Gasteiger partial charge in [0, 0.05) is 24.5 Å². The van der Waals surface area contributed by atoms with Crippen LogP contribution in [0.3, 0.4) is 0 Å². The highest BCUT2D eigenvalue weighted by molar-refractivity contribution is 7.17. The lowest BCUT2D eigenvalue weighted by Gasteiger charge is -1.97. The van der Waals surface area contributed by atoms with Crippen LogP contribution in [0.4, 0.5) is 0 Å². The third kappa shape index (κ3) is 2.64. The molecule has 18 heavy (non-hydrogen) atoms. The van der Waals surface area contributed by atoms with Gasteiger partial charge < -0.3 is 0 Å². The van der Waals surface area contributed by atoms with Gasteiger partial charge in [-0.05, 0) is 32.4 Å². The molecule has 0 saturated heterocycles. The molecule has 0 aliphatic carbocycles. The zero-order chi connectivity index (χ0) is 13.0. The normalized spacial score (nSPS) is 11.8. The van der Waals surface area contributed by atoms with Crippen LogP contribution in [0, 0.1) is 0 Å². The topological polar surface area (TPSA) is 38.1 Å². The molecule has 0 radical (unpaired) electrons. The van der Waals surface area contributed by atoms with E-state index >= 15 is 0 Å². The number of hydrogen-bond donors (Lipinski definition) is 0. The molecular weight excluding hydrogens is 242 g/mol. The van der Waals surface area contributed by atoms with Crippen molar-refractivity contribution in [3.63, 3.8) is 0 Å². The van der Waals surface area contributed by atoms with E-state index in [-0.39, 0.29) is 0 Å². The van der Waals surface area contributed by atoms with Gasteiger partial charge in [-0.3, -0.25) is 9.98 Å². The van der Waals surface area contributed by atoms with Gasteiger partial charge in [-0.1, -0.05) is 6.92 Å². The van der Waals surface area contributed by atoms with E-state index in [1.54, 1.807) is 17.5 Å². The summed E-state index contributed by atoms with van der Waals surface area (Å²) in [6.45, 7) is 7.06. The standard InChI is InChI=1S/C14H17N3S/c1-4-12-13(10(3)16-5-2)18-14(17-12)11-7-6-8-15-9-11/h6-9H,4-5H2,1-3H3. The highest BCUT2D eigenvalue weighted by atomic mass is 32.1. The smallest absolute Gasteiger partial charge is 0.125 e. The Bertz CT molecular complexity index is 543. The molecule has 2 aromatic heterocycles. The zero-order valence-corrected chi connectivity index (χ0v) is 11.8. The second-order valence-corrected chi connectivity index (χ2v) is 4.95. The lowest BCUT2D eigenvalue weighted by Crippen LogP contribution is -1.97. The van der Waals surface area contributed by atoms with Crippen molar-refractivity contribution >= 4 is 17.0 Å². The first-order valence-electron chi connectivity index (χ1n) is 6.17. The summed E-state index contributed by atoms with van der Waals surface area (Å²) in [6, 6.07) is 3.98. The van der Waals surface area contributed by atoms with Crippen LogP contribution >= 0.6 is 11.3 Å². The molecule has 2 aromatic rings. The van der Waals surface area contributed by atoms with Gasteiger partial charge in [0.25, 0.3) is 0 Å². The van der Waals surface area contributed by atoms with Crippen LogP contribution in [0.1, 0.15) is 31.3 Å². The summed E-state index contributed by atoms with van der Waals surface area (Å²) in [4.78, 5) is 14.5. The molecule has 0 aromatic carbocycles. The Kier molecular flexibility index (Phi) is 4.20. The first-order valence-corrected chi connectivity index (χ1v) is 6.99. The molecule has 0 fully saturated rings. The molecule has 0 atom stereocenters. The van der Waals surface area contributed by atoms with Gasteiger partial charge in [-0.15, -0.1) is 11.3 Å². The van der Waals surface area contributed by atoms with E-state index in [2.05, 4.69) is 30.7 Å². The molecule has 0 aliphatic heterocycles. The molecule has 3 nitrogen and oxygen atoms in total. The maximum atomic E-state index is 4.70. The molecule has 0 saturated carbocycles. The number of thiazole rings is 1. The number of aliphatic imine (C=N–C) groups is 1. The average Bonchev–Trinajstić information content (AvgIpc) is 2.84. The molecule has 4 heteroatoms. The monoisotopic (exact) mass is 259 g/mol. The Morgan fingerprint density at radius 3 is 2.83 bits per heavy atom. The molecule has 94 valence electrons.